The van der Waals surface area contributed by atoms with Gasteiger partial charge >= 0.3 is 0 Å². The third-order valence-electron chi connectivity index (χ3n) is 4.37. The highest BCUT2D eigenvalue weighted by Crippen LogP contribution is 2.29. The van der Waals surface area contributed by atoms with Crippen molar-refractivity contribution < 1.29 is 9.53 Å². The average molecular weight is 314 g/mol. The molecule has 1 N–H and O–H groups in total. The van der Waals surface area contributed by atoms with Gasteiger partial charge in [0.15, 0.2) is 0 Å². The van der Waals surface area contributed by atoms with Gasteiger partial charge in [-0.05, 0) is 37.3 Å². The molecule has 1 aromatic carbocycles. The Kier molecular flexibility index (Phi) is 4.90. The second-order valence-electron chi connectivity index (χ2n) is 5.78. The van der Waals surface area contributed by atoms with Crippen LogP contribution in [0.1, 0.15) is 43.1 Å². The number of likely N-dealkylation sites (tertiary alicyclic amines) is 1. The molecule has 23 heavy (non-hydrogen) atoms. The zero-order chi connectivity index (χ0) is 16.1. The van der Waals surface area contributed by atoms with Gasteiger partial charge in [-0.2, -0.15) is 5.10 Å². The summed E-state index contributed by atoms with van der Waals surface area (Å²) in [5.41, 5.74) is 1.07. The van der Waals surface area contributed by atoms with E-state index in [1.54, 1.807) is 7.11 Å². The number of ether oxygens (including phenoxy) is 1. The van der Waals surface area contributed by atoms with Crippen LogP contribution >= 0.6 is 0 Å². The van der Waals surface area contributed by atoms with Gasteiger partial charge in [0.1, 0.15) is 17.9 Å². The summed E-state index contributed by atoms with van der Waals surface area (Å²) >= 11 is 0. The van der Waals surface area contributed by atoms with Crippen molar-refractivity contribution in [3.05, 3.63) is 42.0 Å². The molecule has 1 amide bonds. The molecule has 2 aromatic rings. The van der Waals surface area contributed by atoms with Gasteiger partial charge in [0.2, 0.25) is 5.91 Å². The smallest absolute Gasteiger partial charge is 0.223 e. The molecule has 122 valence electrons. The molecule has 2 heterocycles. The molecule has 0 saturated carbocycles. The molecule has 6 heteroatoms. The molecule has 0 radical (unpaired) electrons. The maximum Gasteiger partial charge on any atom is 0.223 e. The number of aryl methyl sites for hydroxylation is 1. The summed E-state index contributed by atoms with van der Waals surface area (Å²) in [6.07, 6.45) is 5.76. The van der Waals surface area contributed by atoms with Gasteiger partial charge in [-0.25, -0.2) is 4.98 Å². The zero-order valence-corrected chi connectivity index (χ0v) is 13.4. The molecule has 1 fully saturated rings. The second kappa shape index (κ2) is 7.26. The summed E-state index contributed by atoms with van der Waals surface area (Å²) in [7, 11) is 1.66. The molecule has 1 aliphatic rings. The molecule has 1 aliphatic heterocycles. The number of para-hydroxylation sites is 1. The van der Waals surface area contributed by atoms with Crippen LogP contribution in [0.25, 0.3) is 0 Å². The van der Waals surface area contributed by atoms with E-state index >= 15 is 0 Å². The maximum absolute atomic E-state index is 12.7. The number of benzene rings is 1. The van der Waals surface area contributed by atoms with Crippen molar-refractivity contribution in [2.75, 3.05) is 13.7 Å². The highest BCUT2D eigenvalue weighted by molar-refractivity contribution is 5.77. The number of nitrogens with one attached hydrogen (secondary N) is 1. The van der Waals surface area contributed by atoms with E-state index in [1.165, 1.54) is 6.33 Å². The number of amides is 1. The highest BCUT2D eigenvalue weighted by atomic mass is 16.5. The van der Waals surface area contributed by atoms with Crippen LogP contribution in [0.5, 0.6) is 5.75 Å². The summed E-state index contributed by atoms with van der Waals surface area (Å²) in [5.74, 6) is 1.79. The van der Waals surface area contributed by atoms with E-state index in [-0.39, 0.29) is 11.9 Å². The van der Waals surface area contributed by atoms with E-state index in [0.29, 0.717) is 12.8 Å². The summed E-state index contributed by atoms with van der Waals surface area (Å²) in [6, 6.07) is 7.88. The second-order valence-corrected chi connectivity index (χ2v) is 5.78. The number of H-pyrrole nitrogens is 1. The van der Waals surface area contributed by atoms with Gasteiger partial charge in [-0.15, -0.1) is 0 Å². The van der Waals surface area contributed by atoms with Crippen LogP contribution in [0.3, 0.4) is 0 Å². The Hall–Kier alpha value is -2.37. The lowest BCUT2D eigenvalue weighted by molar-refractivity contribution is -0.135. The minimum Gasteiger partial charge on any atom is -0.496 e. The lowest BCUT2D eigenvalue weighted by atomic mass is 10.00. The zero-order valence-electron chi connectivity index (χ0n) is 13.4. The molecule has 0 spiro atoms. The summed E-state index contributed by atoms with van der Waals surface area (Å²) in [5, 5.41) is 6.83. The lowest BCUT2D eigenvalue weighted by Crippen LogP contribution is -2.39. The van der Waals surface area contributed by atoms with Crippen molar-refractivity contribution in [2.45, 2.75) is 38.1 Å². The van der Waals surface area contributed by atoms with Crippen LogP contribution in [0.15, 0.2) is 30.6 Å². The largest absolute Gasteiger partial charge is 0.496 e. The number of hydrogen-bond acceptors (Lipinski definition) is 4. The fraction of sp³-hybridized carbons (Fsp3) is 0.471. The van der Waals surface area contributed by atoms with Gasteiger partial charge < -0.3 is 9.64 Å². The first-order valence-corrected chi connectivity index (χ1v) is 8.06. The van der Waals surface area contributed by atoms with E-state index in [9.17, 15) is 4.79 Å². The van der Waals surface area contributed by atoms with Crippen LogP contribution in [0.2, 0.25) is 0 Å². The van der Waals surface area contributed by atoms with Gasteiger partial charge in [0.05, 0.1) is 13.2 Å². The monoisotopic (exact) mass is 314 g/mol. The fourth-order valence-electron chi connectivity index (χ4n) is 3.18. The Morgan fingerprint density at radius 2 is 2.26 bits per heavy atom. The summed E-state index contributed by atoms with van der Waals surface area (Å²) < 4.78 is 5.35. The first-order valence-electron chi connectivity index (χ1n) is 8.06. The Morgan fingerprint density at radius 3 is 3.04 bits per heavy atom. The van der Waals surface area contributed by atoms with Crippen LogP contribution < -0.4 is 4.74 Å². The Morgan fingerprint density at radius 1 is 1.39 bits per heavy atom. The van der Waals surface area contributed by atoms with E-state index in [2.05, 4.69) is 15.2 Å². The third-order valence-corrected chi connectivity index (χ3v) is 4.37. The van der Waals surface area contributed by atoms with E-state index in [0.717, 1.165) is 42.9 Å². The molecule has 1 unspecified atom stereocenters. The number of carbonyl (C=O) groups excluding carboxylic acids is 1. The molecule has 0 aliphatic carbocycles. The molecule has 1 atom stereocenters. The SMILES string of the molecule is COc1ccccc1CCC(=O)N1CCCCC1c1ncn[nH]1. The normalized spacial score (nSPS) is 18.0. The Balaban J connectivity index is 1.66. The van der Waals surface area contributed by atoms with Crippen molar-refractivity contribution in [3.63, 3.8) is 0 Å². The molecule has 6 nitrogen and oxygen atoms in total. The van der Waals surface area contributed by atoms with Crippen molar-refractivity contribution in [2.24, 2.45) is 0 Å². The topological polar surface area (TPSA) is 71.1 Å². The van der Waals surface area contributed by atoms with Gasteiger partial charge in [-0.1, -0.05) is 18.2 Å². The third kappa shape index (κ3) is 3.52. The van der Waals surface area contributed by atoms with Gasteiger partial charge in [0.25, 0.3) is 0 Å². The first kappa shape index (κ1) is 15.5. The quantitative estimate of drug-likeness (QED) is 0.920. The maximum atomic E-state index is 12.7. The van der Waals surface area contributed by atoms with Crippen LogP contribution in [-0.4, -0.2) is 39.6 Å². The number of nitrogens with zero attached hydrogens (tertiary/aromatic N) is 3. The predicted molar refractivity (Wildman–Crippen MR) is 86.0 cm³/mol. The van der Waals surface area contributed by atoms with Crippen LogP contribution in [-0.2, 0) is 11.2 Å². The average Bonchev–Trinajstić information content (AvgIpc) is 3.14. The Labute approximate surface area is 135 Å². The summed E-state index contributed by atoms with van der Waals surface area (Å²) in [4.78, 5) is 18.9. The number of hydrogen-bond donors (Lipinski definition) is 1. The van der Waals surface area contributed by atoms with Crippen molar-refractivity contribution >= 4 is 5.91 Å². The van der Waals surface area contributed by atoms with E-state index in [4.69, 9.17) is 4.74 Å². The number of carbonyl (C=O) groups is 1. The molecule has 1 aromatic heterocycles. The first-order chi connectivity index (χ1) is 11.3. The number of aromatic nitrogens is 3. The molecule has 0 bridgehead atoms. The van der Waals surface area contributed by atoms with Crippen LogP contribution in [0, 0.1) is 0 Å². The molecule has 1 saturated heterocycles. The fourth-order valence-corrected chi connectivity index (χ4v) is 3.18. The molecular weight excluding hydrogens is 292 g/mol. The standard InChI is InChI=1S/C17H22N4O2/c1-23-15-8-3-2-6-13(15)9-10-16(22)21-11-5-4-7-14(21)17-18-12-19-20-17/h2-3,6,8,12,14H,4-5,7,9-11H2,1H3,(H,18,19,20). The lowest BCUT2D eigenvalue weighted by Gasteiger charge is -2.34. The van der Waals surface area contributed by atoms with Crippen molar-refractivity contribution in [1.29, 1.82) is 0 Å². The van der Waals surface area contributed by atoms with Crippen molar-refractivity contribution in [1.82, 2.24) is 20.1 Å². The minimum atomic E-state index is 0.0245. The number of rotatable bonds is 5. The van der Waals surface area contributed by atoms with Gasteiger partial charge in [-0.3, -0.25) is 9.89 Å². The molecule has 3 rings (SSSR count). The number of piperidine rings is 1. The van der Waals surface area contributed by atoms with E-state index < -0.39 is 0 Å². The van der Waals surface area contributed by atoms with Crippen LogP contribution in [0.4, 0.5) is 0 Å². The van der Waals surface area contributed by atoms with Gasteiger partial charge in [0, 0.05) is 13.0 Å². The number of methoxy groups -OCH3 is 1. The van der Waals surface area contributed by atoms with E-state index in [1.807, 2.05) is 29.2 Å². The number of aromatic amines is 1. The summed E-state index contributed by atoms with van der Waals surface area (Å²) in [6.45, 7) is 0.788. The molecular formula is C17H22N4O2. The van der Waals surface area contributed by atoms with Crippen molar-refractivity contribution in [3.8, 4) is 5.75 Å². The highest BCUT2D eigenvalue weighted by Gasteiger charge is 2.29. The minimum absolute atomic E-state index is 0.0245. The Bertz CT molecular complexity index is 642. The predicted octanol–water partition coefficient (Wildman–Crippen LogP) is 2.50.